The maximum atomic E-state index is 12.1. The Bertz CT molecular complexity index is 531. The van der Waals surface area contributed by atoms with E-state index in [2.05, 4.69) is 23.2 Å². The van der Waals surface area contributed by atoms with Crippen LogP contribution in [0.5, 0.6) is 5.75 Å². The van der Waals surface area contributed by atoms with Crippen LogP contribution < -0.4 is 10.1 Å². The first-order valence-electron chi connectivity index (χ1n) is 6.89. The maximum Gasteiger partial charge on any atom is 0.573 e. The summed E-state index contributed by atoms with van der Waals surface area (Å²) in [7, 11) is 0. The zero-order valence-electron chi connectivity index (χ0n) is 12.8. The molecule has 1 aromatic carbocycles. The first-order valence-corrected chi connectivity index (χ1v) is 6.89. The van der Waals surface area contributed by atoms with Gasteiger partial charge >= 0.3 is 12.4 Å². The third kappa shape index (κ3) is 6.46. The number of halogens is 3. The molecule has 1 atom stereocenters. The molecular formula is C16H19F3N2O2. The van der Waals surface area contributed by atoms with Crippen LogP contribution >= 0.6 is 0 Å². The highest BCUT2D eigenvalue weighted by atomic mass is 19.4. The number of nitrogens with zero attached hydrogens (tertiary/aromatic N) is 1. The molecule has 4 nitrogen and oxygen atoms in total. The Morgan fingerprint density at radius 3 is 2.22 bits per heavy atom. The number of amides is 2. The molecule has 2 amide bonds. The minimum atomic E-state index is -4.72. The number of urea groups is 1. The number of nitrogens with one attached hydrogen (secondary N) is 1. The summed E-state index contributed by atoms with van der Waals surface area (Å²) in [6.45, 7) is 9.62. The lowest BCUT2D eigenvalue weighted by molar-refractivity contribution is -0.274. The number of alkyl halides is 3. The van der Waals surface area contributed by atoms with Crippen molar-refractivity contribution < 1.29 is 22.7 Å². The Kier molecular flexibility index (Phi) is 6.68. The summed E-state index contributed by atoms with van der Waals surface area (Å²) >= 11 is 0. The van der Waals surface area contributed by atoms with Gasteiger partial charge in [0.15, 0.2) is 0 Å². The summed E-state index contributed by atoms with van der Waals surface area (Å²) in [6.07, 6.45) is -1.54. The molecule has 1 unspecified atom stereocenters. The van der Waals surface area contributed by atoms with Crippen LogP contribution in [0.2, 0.25) is 0 Å². The average molecular weight is 328 g/mol. The summed E-state index contributed by atoms with van der Waals surface area (Å²) in [5.41, 5.74) is 0.657. The second-order valence-corrected chi connectivity index (χ2v) is 4.77. The minimum absolute atomic E-state index is 0.306. The molecule has 1 N–H and O–H groups in total. The number of benzene rings is 1. The fourth-order valence-corrected chi connectivity index (χ4v) is 1.87. The summed E-state index contributed by atoms with van der Waals surface area (Å²) in [4.78, 5) is 13.6. The highest BCUT2D eigenvalue weighted by Crippen LogP contribution is 2.24. The van der Waals surface area contributed by atoms with Crippen molar-refractivity contribution in [3.05, 3.63) is 55.1 Å². The molecule has 1 rings (SSSR count). The van der Waals surface area contributed by atoms with Gasteiger partial charge in [-0.05, 0) is 24.6 Å². The molecule has 0 saturated carbocycles. The van der Waals surface area contributed by atoms with Gasteiger partial charge in [0, 0.05) is 13.1 Å². The Balaban J connectivity index is 2.69. The monoisotopic (exact) mass is 328 g/mol. The topological polar surface area (TPSA) is 41.6 Å². The second-order valence-electron chi connectivity index (χ2n) is 4.77. The second kappa shape index (κ2) is 8.26. The zero-order valence-corrected chi connectivity index (χ0v) is 12.8. The fraction of sp³-hybridized carbons (Fsp3) is 0.312. The minimum Gasteiger partial charge on any atom is -0.406 e. The van der Waals surface area contributed by atoms with Gasteiger partial charge in [0.1, 0.15) is 5.75 Å². The molecule has 0 aromatic heterocycles. The molecule has 0 heterocycles. The van der Waals surface area contributed by atoms with Crippen LogP contribution in [-0.2, 0) is 0 Å². The molecule has 0 radical (unpaired) electrons. The molecular weight excluding hydrogens is 309 g/mol. The van der Waals surface area contributed by atoms with Crippen molar-refractivity contribution in [2.24, 2.45) is 0 Å². The van der Waals surface area contributed by atoms with Crippen molar-refractivity contribution in [2.75, 3.05) is 13.1 Å². The van der Waals surface area contributed by atoms with Crippen molar-refractivity contribution in [1.82, 2.24) is 10.2 Å². The largest absolute Gasteiger partial charge is 0.573 e. The Hall–Kier alpha value is -2.44. The summed E-state index contributed by atoms with van der Waals surface area (Å²) in [6, 6.07) is 4.66. The van der Waals surface area contributed by atoms with Crippen molar-refractivity contribution in [1.29, 1.82) is 0 Å². The standard InChI is InChI=1S/C16H19F3N2O2/c1-4-10-21(11-5-2)15(22)20-12(3)13-6-8-14(9-7-13)23-16(17,18)19/h4-9,12H,1-2,10-11H2,3H3,(H,20,22). The summed E-state index contributed by atoms with van der Waals surface area (Å²) in [5.74, 6) is -0.306. The van der Waals surface area contributed by atoms with Gasteiger partial charge in [0.05, 0.1) is 6.04 Å². The van der Waals surface area contributed by atoms with Crippen molar-refractivity contribution in [3.8, 4) is 5.75 Å². The maximum absolute atomic E-state index is 12.1. The van der Waals surface area contributed by atoms with Gasteiger partial charge in [0.2, 0.25) is 0 Å². The molecule has 1 aromatic rings. The predicted molar refractivity (Wildman–Crippen MR) is 82.0 cm³/mol. The van der Waals surface area contributed by atoms with Gasteiger partial charge in [-0.25, -0.2) is 4.79 Å². The van der Waals surface area contributed by atoms with Gasteiger partial charge < -0.3 is 15.0 Å². The van der Waals surface area contributed by atoms with E-state index >= 15 is 0 Å². The van der Waals surface area contributed by atoms with Gasteiger partial charge in [-0.3, -0.25) is 0 Å². The van der Waals surface area contributed by atoms with Crippen molar-refractivity contribution >= 4 is 6.03 Å². The first kappa shape index (κ1) is 18.6. The van der Waals surface area contributed by atoms with E-state index in [-0.39, 0.29) is 17.8 Å². The van der Waals surface area contributed by atoms with Crippen LogP contribution in [0.25, 0.3) is 0 Å². The van der Waals surface area contributed by atoms with E-state index in [0.29, 0.717) is 18.7 Å². The predicted octanol–water partition coefficient (Wildman–Crippen LogP) is 4.03. The van der Waals surface area contributed by atoms with Gasteiger partial charge in [0.25, 0.3) is 0 Å². The van der Waals surface area contributed by atoms with Gasteiger partial charge in [-0.2, -0.15) is 0 Å². The molecule has 0 saturated heterocycles. The van der Waals surface area contributed by atoms with E-state index in [1.165, 1.54) is 29.2 Å². The van der Waals surface area contributed by atoms with Crippen LogP contribution in [-0.4, -0.2) is 30.4 Å². The number of carbonyl (C=O) groups is 1. The van der Waals surface area contributed by atoms with Crippen LogP contribution in [0.15, 0.2) is 49.6 Å². The van der Waals surface area contributed by atoms with Crippen LogP contribution in [0.1, 0.15) is 18.5 Å². The molecule has 0 aliphatic heterocycles. The molecule has 0 bridgehead atoms. The number of hydrogen-bond donors (Lipinski definition) is 1. The number of rotatable bonds is 7. The van der Waals surface area contributed by atoms with E-state index in [0.717, 1.165) is 0 Å². The van der Waals surface area contributed by atoms with Crippen molar-refractivity contribution in [3.63, 3.8) is 0 Å². The zero-order chi connectivity index (χ0) is 17.5. The highest BCUT2D eigenvalue weighted by molar-refractivity contribution is 5.75. The van der Waals surface area contributed by atoms with E-state index in [1.807, 2.05) is 0 Å². The van der Waals surface area contributed by atoms with Gasteiger partial charge in [-0.1, -0.05) is 24.3 Å². The number of hydrogen-bond acceptors (Lipinski definition) is 2. The van der Waals surface area contributed by atoms with E-state index in [1.54, 1.807) is 19.1 Å². The summed E-state index contributed by atoms with van der Waals surface area (Å²) in [5, 5.41) is 2.76. The average Bonchev–Trinajstić information content (AvgIpc) is 2.46. The molecule has 126 valence electrons. The first-order chi connectivity index (χ1) is 10.8. The van der Waals surface area contributed by atoms with Crippen LogP contribution in [0, 0.1) is 0 Å². The molecule has 7 heteroatoms. The van der Waals surface area contributed by atoms with E-state index < -0.39 is 6.36 Å². The van der Waals surface area contributed by atoms with Crippen molar-refractivity contribution in [2.45, 2.75) is 19.3 Å². The quantitative estimate of drug-likeness (QED) is 0.768. The van der Waals surface area contributed by atoms with Crippen LogP contribution in [0.3, 0.4) is 0 Å². The number of carbonyl (C=O) groups excluding carboxylic acids is 1. The molecule has 0 spiro atoms. The highest BCUT2D eigenvalue weighted by Gasteiger charge is 2.31. The molecule has 23 heavy (non-hydrogen) atoms. The van der Waals surface area contributed by atoms with Gasteiger partial charge in [-0.15, -0.1) is 26.3 Å². The Labute approximate surface area is 133 Å². The lowest BCUT2D eigenvalue weighted by Crippen LogP contribution is -2.41. The van der Waals surface area contributed by atoms with E-state index in [4.69, 9.17) is 0 Å². The molecule has 0 aliphatic rings. The number of ether oxygens (including phenoxy) is 1. The summed E-state index contributed by atoms with van der Waals surface area (Å²) < 4.78 is 40.1. The Morgan fingerprint density at radius 2 is 1.78 bits per heavy atom. The SMILES string of the molecule is C=CCN(CC=C)C(=O)NC(C)c1ccc(OC(F)(F)F)cc1. The molecule has 0 fully saturated rings. The third-order valence-electron chi connectivity index (χ3n) is 2.94. The lowest BCUT2D eigenvalue weighted by atomic mass is 10.1. The lowest BCUT2D eigenvalue weighted by Gasteiger charge is -2.23. The Morgan fingerprint density at radius 1 is 1.26 bits per heavy atom. The fourth-order valence-electron chi connectivity index (χ4n) is 1.87. The molecule has 0 aliphatic carbocycles. The third-order valence-corrected chi connectivity index (χ3v) is 2.94. The van der Waals surface area contributed by atoms with E-state index in [9.17, 15) is 18.0 Å². The van der Waals surface area contributed by atoms with Crippen LogP contribution in [0.4, 0.5) is 18.0 Å². The normalized spacial score (nSPS) is 12.2. The smallest absolute Gasteiger partial charge is 0.406 e.